The van der Waals surface area contributed by atoms with Gasteiger partial charge in [0.15, 0.2) is 12.7 Å². The number of benzene rings is 2. The van der Waals surface area contributed by atoms with E-state index in [1.165, 1.54) is 12.1 Å². The average Bonchev–Trinajstić information content (AvgIpc) is 3.40. The van der Waals surface area contributed by atoms with Crippen LogP contribution in [0.4, 0.5) is 4.39 Å². The van der Waals surface area contributed by atoms with Gasteiger partial charge in [0.05, 0.1) is 35.4 Å². The molecule has 11 heteroatoms. The number of carbonyl (C=O) groups excluding carboxylic acids is 2. The summed E-state index contributed by atoms with van der Waals surface area (Å²) < 4.78 is 30.5. The second-order valence-electron chi connectivity index (χ2n) is 8.88. The number of amides is 2. The van der Waals surface area contributed by atoms with Gasteiger partial charge in [0.1, 0.15) is 17.3 Å². The van der Waals surface area contributed by atoms with Crippen LogP contribution in [0.1, 0.15) is 30.9 Å². The highest BCUT2D eigenvalue weighted by Gasteiger charge is 2.49. The summed E-state index contributed by atoms with van der Waals surface area (Å²) in [4.78, 5) is 25.1. The zero-order valence-corrected chi connectivity index (χ0v) is 19.9. The third-order valence-electron chi connectivity index (χ3n) is 6.48. The lowest BCUT2D eigenvalue weighted by atomic mass is 9.90. The van der Waals surface area contributed by atoms with Crippen molar-refractivity contribution < 1.29 is 33.3 Å². The van der Waals surface area contributed by atoms with Crippen molar-refractivity contribution in [3.05, 3.63) is 57.8 Å². The van der Waals surface area contributed by atoms with Crippen LogP contribution in [0.3, 0.4) is 0 Å². The summed E-state index contributed by atoms with van der Waals surface area (Å²) in [6, 6.07) is 8.44. The van der Waals surface area contributed by atoms with Crippen molar-refractivity contribution in [2.24, 2.45) is 0 Å². The minimum Gasteiger partial charge on any atom is -0.484 e. The quantitative estimate of drug-likeness (QED) is 0.536. The SMILES string of the molecule is O=C(COc1ccc(Cl)c(F)c1)N[C@H]1C[C@H]2O[C@@H]1C[C@@H]2NC(=O)[C@H]1C[C@@H](O)c2cc(Cl)ccc2O1. The normalized spacial score (nSPS) is 28.7. The summed E-state index contributed by atoms with van der Waals surface area (Å²) in [5, 5.41) is 16.7. The molecule has 0 aliphatic carbocycles. The molecule has 0 saturated carbocycles. The fourth-order valence-electron chi connectivity index (χ4n) is 4.78. The van der Waals surface area contributed by atoms with E-state index in [4.69, 9.17) is 37.4 Å². The molecule has 3 N–H and O–H groups in total. The number of hydrogen-bond acceptors (Lipinski definition) is 6. The molecular weight excluding hydrogens is 502 g/mol. The molecule has 2 aromatic carbocycles. The molecule has 35 heavy (non-hydrogen) atoms. The lowest BCUT2D eigenvalue weighted by molar-refractivity contribution is -0.131. The number of carbonyl (C=O) groups is 2. The predicted molar refractivity (Wildman–Crippen MR) is 124 cm³/mol. The van der Waals surface area contributed by atoms with Crippen LogP contribution in [-0.4, -0.2) is 53.9 Å². The lowest BCUT2D eigenvalue weighted by Gasteiger charge is -2.31. The zero-order valence-electron chi connectivity index (χ0n) is 18.4. The van der Waals surface area contributed by atoms with Gasteiger partial charge in [0.25, 0.3) is 11.8 Å². The highest BCUT2D eigenvalue weighted by Crippen LogP contribution is 2.38. The largest absolute Gasteiger partial charge is 0.484 e. The van der Waals surface area contributed by atoms with Crippen LogP contribution in [0.5, 0.6) is 11.5 Å². The first-order valence-corrected chi connectivity index (χ1v) is 12.0. The first-order valence-electron chi connectivity index (χ1n) is 11.2. The fraction of sp³-hybridized carbons (Fsp3) is 0.417. The Balaban J connectivity index is 1.09. The molecule has 2 aromatic rings. The molecule has 0 radical (unpaired) electrons. The first-order chi connectivity index (χ1) is 16.8. The number of rotatable bonds is 6. The second-order valence-corrected chi connectivity index (χ2v) is 9.72. The maximum Gasteiger partial charge on any atom is 0.261 e. The molecule has 2 fully saturated rings. The Morgan fingerprint density at radius 3 is 2.51 bits per heavy atom. The van der Waals surface area contributed by atoms with E-state index in [0.717, 1.165) is 6.07 Å². The lowest BCUT2D eigenvalue weighted by Crippen LogP contribution is -2.52. The van der Waals surface area contributed by atoms with E-state index < -0.39 is 18.0 Å². The number of nitrogens with one attached hydrogen (secondary N) is 2. The third-order valence-corrected chi connectivity index (χ3v) is 7.03. The number of aliphatic hydroxyl groups excluding tert-OH is 1. The molecule has 3 heterocycles. The van der Waals surface area contributed by atoms with E-state index in [9.17, 15) is 19.1 Å². The van der Waals surface area contributed by atoms with Gasteiger partial charge < -0.3 is 30.0 Å². The fourth-order valence-corrected chi connectivity index (χ4v) is 5.08. The molecule has 2 amide bonds. The van der Waals surface area contributed by atoms with Gasteiger partial charge in [-0.1, -0.05) is 23.2 Å². The van der Waals surface area contributed by atoms with Gasteiger partial charge in [-0.2, -0.15) is 0 Å². The summed E-state index contributed by atoms with van der Waals surface area (Å²) in [7, 11) is 0. The number of halogens is 3. The number of aliphatic hydroxyl groups is 1. The van der Waals surface area contributed by atoms with Crippen molar-refractivity contribution in [1.82, 2.24) is 10.6 Å². The summed E-state index contributed by atoms with van der Waals surface area (Å²) in [6.07, 6.45) is -0.989. The van der Waals surface area contributed by atoms with E-state index in [1.54, 1.807) is 18.2 Å². The van der Waals surface area contributed by atoms with Crippen LogP contribution in [0.15, 0.2) is 36.4 Å². The average molecular weight is 525 g/mol. The number of fused-ring (bicyclic) bond motifs is 3. The molecule has 2 saturated heterocycles. The van der Waals surface area contributed by atoms with Crippen LogP contribution in [0.2, 0.25) is 10.0 Å². The Morgan fingerprint density at radius 1 is 1.06 bits per heavy atom. The summed E-state index contributed by atoms with van der Waals surface area (Å²) in [5.41, 5.74) is 0.563. The Kier molecular flexibility index (Phi) is 6.76. The molecule has 3 aliphatic rings. The van der Waals surface area contributed by atoms with Crippen LogP contribution in [0, 0.1) is 5.82 Å². The van der Waals surface area contributed by atoms with Crippen molar-refractivity contribution in [2.45, 2.75) is 55.8 Å². The van der Waals surface area contributed by atoms with Gasteiger partial charge in [-0.3, -0.25) is 9.59 Å². The van der Waals surface area contributed by atoms with Gasteiger partial charge >= 0.3 is 0 Å². The van der Waals surface area contributed by atoms with Crippen molar-refractivity contribution in [3.8, 4) is 11.5 Å². The molecule has 6 atom stereocenters. The Hall–Kier alpha value is -2.59. The molecule has 0 spiro atoms. The second kappa shape index (κ2) is 9.81. The zero-order chi connectivity index (χ0) is 24.7. The Morgan fingerprint density at radius 2 is 1.80 bits per heavy atom. The van der Waals surface area contributed by atoms with Crippen LogP contribution in [0.25, 0.3) is 0 Å². The van der Waals surface area contributed by atoms with Gasteiger partial charge in [-0.15, -0.1) is 0 Å². The number of ether oxygens (including phenoxy) is 3. The summed E-state index contributed by atoms with van der Waals surface area (Å²) in [6.45, 7) is -0.275. The van der Waals surface area contributed by atoms with Gasteiger partial charge in [-0.05, 0) is 43.2 Å². The van der Waals surface area contributed by atoms with Gasteiger partial charge in [0, 0.05) is 23.1 Å². The van der Waals surface area contributed by atoms with E-state index in [-0.39, 0.29) is 59.9 Å². The highest BCUT2D eigenvalue weighted by atomic mass is 35.5. The summed E-state index contributed by atoms with van der Waals surface area (Å²) >= 11 is 11.6. The summed E-state index contributed by atoms with van der Waals surface area (Å²) in [5.74, 6) is -0.667. The molecule has 0 unspecified atom stereocenters. The Bertz CT molecular complexity index is 1150. The Labute approximate surface area is 210 Å². The standard InChI is InChI=1S/C24H23Cl2FN2O6/c25-11-1-4-19-13(5-11)18(30)9-22(34-19)24(32)29-17-8-20-16(7-21(17)35-20)28-23(31)10-33-12-2-3-14(26)15(27)6-12/h1-6,16-18,20-22,30H,7-10H2,(H,28,31)(H,29,32)/t16-,17-,18+,20+,21+,22+/m0/s1. The molecular formula is C24H23Cl2FN2O6. The van der Waals surface area contributed by atoms with Crippen molar-refractivity contribution >= 4 is 35.0 Å². The topological polar surface area (TPSA) is 106 Å². The van der Waals surface area contributed by atoms with E-state index in [0.29, 0.717) is 29.2 Å². The number of hydrogen-bond donors (Lipinski definition) is 3. The molecule has 3 aliphatic heterocycles. The van der Waals surface area contributed by atoms with Gasteiger partial charge in [-0.25, -0.2) is 4.39 Å². The van der Waals surface area contributed by atoms with Crippen LogP contribution < -0.4 is 20.1 Å². The minimum absolute atomic E-state index is 0.0245. The molecule has 2 bridgehead atoms. The molecule has 8 nitrogen and oxygen atoms in total. The molecule has 0 aromatic heterocycles. The van der Waals surface area contributed by atoms with Crippen molar-refractivity contribution in [1.29, 1.82) is 0 Å². The molecule has 5 rings (SSSR count). The van der Waals surface area contributed by atoms with Gasteiger partial charge in [0.2, 0.25) is 0 Å². The maximum absolute atomic E-state index is 13.5. The third kappa shape index (κ3) is 5.18. The monoisotopic (exact) mass is 524 g/mol. The maximum atomic E-state index is 13.5. The molecule has 186 valence electrons. The smallest absolute Gasteiger partial charge is 0.261 e. The van der Waals surface area contributed by atoms with E-state index in [2.05, 4.69) is 10.6 Å². The van der Waals surface area contributed by atoms with Crippen LogP contribution in [-0.2, 0) is 14.3 Å². The first kappa shape index (κ1) is 24.1. The predicted octanol–water partition coefficient (Wildman–Crippen LogP) is 2.93. The van der Waals surface area contributed by atoms with Crippen molar-refractivity contribution in [2.75, 3.05) is 6.61 Å². The highest BCUT2D eigenvalue weighted by molar-refractivity contribution is 6.31. The van der Waals surface area contributed by atoms with Crippen LogP contribution >= 0.6 is 23.2 Å². The van der Waals surface area contributed by atoms with E-state index >= 15 is 0 Å². The van der Waals surface area contributed by atoms with E-state index in [1.807, 2.05) is 0 Å². The minimum atomic E-state index is -0.851. The van der Waals surface area contributed by atoms with Crippen molar-refractivity contribution in [3.63, 3.8) is 0 Å².